The van der Waals surface area contributed by atoms with Gasteiger partial charge in [-0.1, -0.05) is 0 Å². The topological polar surface area (TPSA) is 69.6 Å². The van der Waals surface area contributed by atoms with Gasteiger partial charge in [0.2, 0.25) is 5.82 Å². The van der Waals surface area contributed by atoms with Crippen LogP contribution in [0.1, 0.15) is 23.0 Å². The second kappa shape index (κ2) is 4.96. The second-order valence-electron chi connectivity index (χ2n) is 4.09. The van der Waals surface area contributed by atoms with Crippen LogP contribution in [0.15, 0.2) is 24.9 Å². The van der Waals surface area contributed by atoms with Gasteiger partial charge in [-0.15, -0.1) is 0 Å². The highest BCUT2D eigenvalue weighted by Gasteiger charge is 2.34. The molecule has 0 aliphatic rings. The first kappa shape index (κ1) is 13.5. The van der Waals surface area contributed by atoms with Crippen LogP contribution in [0.2, 0.25) is 0 Å². The van der Waals surface area contributed by atoms with E-state index in [9.17, 15) is 13.2 Å². The Morgan fingerprint density at radius 3 is 2.32 bits per heavy atom. The molecule has 2 rings (SSSR count). The summed E-state index contributed by atoms with van der Waals surface area (Å²) in [5.74, 6) is -1.48. The van der Waals surface area contributed by atoms with Gasteiger partial charge in [0.25, 0.3) is 0 Å². The molecule has 102 valence electrons. The zero-order valence-corrected chi connectivity index (χ0v) is 10.1. The predicted molar refractivity (Wildman–Crippen MR) is 61.1 cm³/mol. The highest BCUT2D eigenvalue weighted by atomic mass is 19.4. The Labute approximate surface area is 107 Å². The number of hydrogen-bond acceptors (Lipinski definition) is 4. The summed E-state index contributed by atoms with van der Waals surface area (Å²) in [6, 6.07) is 0. The van der Waals surface area contributed by atoms with Gasteiger partial charge in [-0.05, 0) is 5.56 Å². The highest BCUT2D eigenvalue weighted by Crippen LogP contribution is 2.27. The minimum atomic E-state index is -4.54. The molecule has 0 aliphatic carbocycles. The SMILES string of the molecule is Cn1cnc([C@H](CN)c2cnc(C(F)(F)F)nc2)c1. The molecule has 2 aromatic rings. The van der Waals surface area contributed by atoms with Crippen LogP contribution in [0.5, 0.6) is 0 Å². The normalized spacial score (nSPS) is 13.5. The molecule has 8 heteroatoms. The molecule has 0 amide bonds. The van der Waals surface area contributed by atoms with Gasteiger partial charge < -0.3 is 10.3 Å². The Morgan fingerprint density at radius 2 is 1.89 bits per heavy atom. The molecule has 2 N–H and O–H groups in total. The lowest BCUT2D eigenvalue weighted by Gasteiger charge is -2.12. The summed E-state index contributed by atoms with van der Waals surface area (Å²) in [7, 11) is 1.80. The molecule has 19 heavy (non-hydrogen) atoms. The first-order valence-electron chi connectivity index (χ1n) is 5.49. The molecule has 0 saturated carbocycles. The van der Waals surface area contributed by atoms with E-state index >= 15 is 0 Å². The van der Waals surface area contributed by atoms with Gasteiger partial charge in [-0.3, -0.25) is 0 Å². The summed E-state index contributed by atoms with van der Waals surface area (Å²) < 4.78 is 38.8. The molecule has 0 saturated heterocycles. The zero-order valence-electron chi connectivity index (χ0n) is 10.1. The van der Waals surface area contributed by atoms with Gasteiger partial charge in [0, 0.05) is 38.1 Å². The van der Waals surface area contributed by atoms with Crippen molar-refractivity contribution in [3.63, 3.8) is 0 Å². The van der Waals surface area contributed by atoms with Crippen molar-refractivity contribution in [3.05, 3.63) is 42.0 Å². The standard InChI is InChI=1S/C11H12F3N5/c1-19-5-9(18-6-19)8(2-15)7-3-16-10(17-4-7)11(12,13)14/h3-6,8H,2,15H2,1H3/t8-/m1/s1. The summed E-state index contributed by atoms with van der Waals surface area (Å²) in [5.41, 5.74) is 6.83. The Bertz CT molecular complexity index is 546. The van der Waals surface area contributed by atoms with Gasteiger partial charge in [0.05, 0.1) is 12.0 Å². The number of rotatable bonds is 3. The van der Waals surface area contributed by atoms with Crippen molar-refractivity contribution >= 4 is 0 Å². The molecule has 0 spiro atoms. The molecular weight excluding hydrogens is 259 g/mol. The Morgan fingerprint density at radius 1 is 1.26 bits per heavy atom. The molecule has 0 fully saturated rings. The van der Waals surface area contributed by atoms with Gasteiger partial charge in [-0.25, -0.2) is 15.0 Å². The summed E-state index contributed by atoms with van der Waals surface area (Å²) in [5, 5.41) is 0. The van der Waals surface area contributed by atoms with Gasteiger partial charge in [0.1, 0.15) is 0 Å². The summed E-state index contributed by atoms with van der Waals surface area (Å²) in [6.07, 6.45) is 1.10. The second-order valence-corrected chi connectivity index (χ2v) is 4.09. The van der Waals surface area contributed by atoms with Crippen LogP contribution < -0.4 is 5.73 Å². The van der Waals surface area contributed by atoms with Crippen molar-refractivity contribution in [2.45, 2.75) is 12.1 Å². The molecule has 2 heterocycles. The average Bonchev–Trinajstić information content (AvgIpc) is 2.76. The van der Waals surface area contributed by atoms with Crippen molar-refractivity contribution in [1.29, 1.82) is 0 Å². The zero-order chi connectivity index (χ0) is 14.0. The number of nitrogens with two attached hydrogens (primary N) is 1. The summed E-state index contributed by atoms with van der Waals surface area (Å²) in [6.45, 7) is 0.214. The fraction of sp³-hybridized carbons (Fsp3) is 0.364. The Kier molecular flexibility index (Phi) is 3.52. The first-order chi connectivity index (χ1) is 8.91. The largest absolute Gasteiger partial charge is 0.451 e. The number of aryl methyl sites for hydroxylation is 1. The maximum Gasteiger partial charge on any atom is 0.451 e. The molecule has 1 atom stereocenters. The number of nitrogens with zero attached hydrogens (tertiary/aromatic N) is 4. The van der Waals surface area contributed by atoms with E-state index in [1.807, 2.05) is 0 Å². The highest BCUT2D eigenvalue weighted by molar-refractivity contribution is 5.24. The number of imidazole rings is 1. The van der Waals surface area contributed by atoms with Gasteiger partial charge in [0.15, 0.2) is 0 Å². The van der Waals surface area contributed by atoms with Crippen molar-refractivity contribution in [3.8, 4) is 0 Å². The van der Waals surface area contributed by atoms with E-state index in [0.717, 1.165) is 12.4 Å². The van der Waals surface area contributed by atoms with Crippen LogP contribution >= 0.6 is 0 Å². The quantitative estimate of drug-likeness (QED) is 0.914. The van der Waals surface area contributed by atoms with E-state index in [4.69, 9.17) is 5.73 Å². The van der Waals surface area contributed by atoms with Crippen molar-refractivity contribution in [1.82, 2.24) is 19.5 Å². The number of alkyl halides is 3. The van der Waals surface area contributed by atoms with Gasteiger partial charge >= 0.3 is 6.18 Å². The monoisotopic (exact) mass is 271 g/mol. The third kappa shape index (κ3) is 2.90. The summed E-state index contributed by atoms with van der Waals surface area (Å²) in [4.78, 5) is 10.8. The van der Waals surface area contributed by atoms with Crippen LogP contribution in [0.3, 0.4) is 0 Å². The number of halogens is 3. The lowest BCUT2D eigenvalue weighted by atomic mass is 9.99. The third-order valence-electron chi connectivity index (χ3n) is 2.65. The lowest BCUT2D eigenvalue weighted by molar-refractivity contribution is -0.145. The van der Waals surface area contributed by atoms with Gasteiger partial charge in [-0.2, -0.15) is 13.2 Å². The van der Waals surface area contributed by atoms with Crippen molar-refractivity contribution in [2.75, 3.05) is 6.54 Å². The third-order valence-corrected chi connectivity index (χ3v) is 2.65. The molecule has 0 unspecified atom stereocenters. The van der Waals surface area contributed by atoms with Crippen LogP contribution in [0, 0.1) is 0 Å². The van der Waals surface area contributed by atoms with E-state index in [-0.39, 0.29) is 12.5 Å². The molecule has 0 radical (unpaired) electrons. The van der Waals surface area contributed by atoms with Crippen molar-refractivity contribution in [2.24, 2.45) is 12.8 Å². The van der Waals surface area contributed by atoms with Crippen LogP contribution in [0.25, 0.3) is 0 Å². The fourth-order valence-electron chi connectivity index (χ4n) is 1.70. The van der Waals surface area contributed by atoms with Crippen LogP contribution in [-0.4, -0.2) is 26.1 Å². The maximum atomic E-state index is 12.4. The Hall–Kier alpha value is -1.96. The number of hydrogen-bond donors (Lipinski definition) is 1. The van der Waals surface area contributed by atoms with Crippen LogP contribution in [0.4, 0.5) is 13.2 Å². The molecule has 5 nitrogen and oxygen atoms in total. The van der Waals surface area contributed by atoms with E-state index in [2.05, 4.69) is 15.0 Å². The predicted octanol–water partition coefficient (Wildman–Crippen LogP) is 1.32. The number of aromatic nitrogens is 4. The molecule has 0 aromatic carbocycles. The van der Waals surface area contributed by atoms with E-state index in [1.165, 1.54) is 0 Å². The molecule has 0 bridgehead atoms. The van der Waals surface area contributed by atoms with Crippen molar-refractivity contribution < 1.29 is 13.2 Å². The minimum absolute atomic E-state index is 0.214. The molecular formula is C11H12F3N5. The fourth-order valence-corrected chi connectivity index (χ4v) is 1.70. The first-order valence-corrected chi connectivity index (χ1v) is 5.49. The summed E-state index contributed by atoms with van der Waals surface area (Å²) >= 11 is 0. The molecule has 2 aromatic heterocycles. The smallest absolute Gasteiger partial charge is 0.340 e. The Balaban J connectivity index is 2.30. The molecule has 0 aliphatic heterocycles. The van der Waals surface area contributed by atoms with Crippen LogP contribution in [-0.2, 0) is 13.2 Å². The maximum absolute atomic E-state index is 12.4. The minimum Gasteiger partial charge on any atom is -0.340 e. The van der Waals surface area contributed by atoms with E-state index in [0.29, 0.717) is 11.3 Å². The van der Waals surface area contributed by atoms with E-state index in [1.54, 1.807) is 24.1 Å². The van der Waals surface area contributed by atoms with E-state index < -0.39 is 12.0 Å². The average molecular weight is 271 g/mol. The lowest BCUT2D eigenvalue weighted by Crippen LogP contribution is -2.17.